The van der Waals surface area contributed by atoms with E-state index < -0.39 is 6.04 Å². The van der Waals surface area contributed by atoms with Crippen LogP contribution in [0.25, 0.3) is 0 Å². The maximum Gasteiger partial charge on any atom is 0.243 e. The first-order chi connectivity index (χ1) is 7.59. The zero-order valence-electron chi connectivity index (χ0n) is 8.62. The smallest absolute Gasteiger partial charge is 0.243 e. The molecule has 1 aromatic rings. The molecule has 0 aromatic heterocycles. The first-order valence-corrected chi connectivity index (χ1v) is 5.87. The summed E-state index contributed by atoms with van der Waals surface area (Å²) in [6.45, 7) is 0.661. The Kier molecular flexibility index (Phi) is 3.38. The summed E-state index contributed by atoms with van der Waals surface area (Å²) in [7, 11) is 0. The van der Waals surface area contributed by atoms with Crippen LogP contribution in [0.4, 0.5) is 5.69 Å². The Hall–Kier alpha value is -0.770. The maximum atomic E-state index is 11.9. The summed E-state index contributed by atoms with van der Waals surface area (Å²) in [5, 5.41) is 1.04. The highest BCUT2D eigenvalue weighted by molar-refractivity contribution is 6.36. The number of anilines is 1. The van der Waals surface area contributed by atoms with E-state index >= 15 is 0 Å². The van der Waals surface area contributed by atoms with Crippen molar-refractivity contribution in [1.29, 1.82) is 0 Å². The van der Waals surface area contributed by atoms with Gasteiger partial charge in [-0.25, -0.2) is 0 Å². The van der Waals surface area contributed by atoms with Gasteiger partial charge in [0.1, 0.15) is 0 Å². The number of benzene rings is 1. The molecule has 0 radical (unpaired) electrons. The van der Waals surface area contributed by atoms with E-state index in [9.17, 15) is 4.79 Å². The second-order valence-electron chi connectivity index (χ2n) is 3.83. The molecule has 1 atom stereocenters. The van der Waals surface area contributed by atoms with Crippen LogP contribution in [0.15, 0.2) is 18.2 Å². The molecule has 5 heteroatoms. The molecule has 16 heavy (non-hydrogen) atoms. The number of halogens is 2. The van der Waals surface area contributed by atoms with Gasteiger partial charge in [0.15, 0.2) is 0 Å². The summed E-state index contributed by atoms with van der Waals surface area (Å²) < 4.78 is 0. The fourth-order valence-corrected chi connectivity index (χ4v) is 2.35. The number of hydrogen-bond acceptors (Lipinski definition) is 2. The molecule has 0 spiro atoms. The molecular formula is C11H12Cl2N2O. The van der Waals surface area contributed by atoms with E-state index in [1.54, 1.807) is 23.1 Å². The second kappa shape index (κ2) is 4.62. The molecule has 1 aliphatic heterocycles. The molecule has 2 rings (SSSR count). The molecule has 1 heterocycles. The van der Waals surface area contributed by atoms with Gasteiger partial charge in [-0.2, -0.15) is 0 Å². The number of carbonyl (C=O) groups is 1. The lowest BCUT2D eigenvalue weighted by molar-refractivity contribution is -0.120. The highest BCUT2D eigenvalue weighted by atomic mass is 35.5. The normalized spacial score (nSPS) is 21.3. The zero-order chi connectivity index (χ0) is 11.7. The number of piperidine rings is 1. The monoisotopic (exact) mass is 258 g/mol. The van der Waals surface area contributed by atoms with Crippen LogP contribution in [-0.4, -0.2) is 18.5 Å². The van der Waals surface area contributed by atoms with Crippen LogP contribution >= 0.6 is 23.2 Å². The number of nitrogens with two attached hydrogens (primary N) is 1. The van der Waals surface area contributed by atoms with Gasteiger partial charge in [-0.1, -0.05) is 23.2 Å². The van der Waals surface area contributed by atoms with E-state index in [-0.39, 0.29) is 5.91 Å². The number of amides is 1. The molecule has 2 N–H and O–H groups in total. The lowest BCUT2D eigenvalue weighted by Gasteiger charge is -2.31. The van der Waals surface area contributed by atoms with Crippen molar-refractivity contribution in [2.24, 2.45) is 5.73 Å². The van der Waals surface area contributed by atoms with E-state index in [1.165, 1.54) is 0 Å². The zero-order valence-corrected chi connectivity index (χ0v) is 10.1. The van der Waals surface area contributed by atoms with Gasteiger partial charge in [-0.15, -0.1) is 0 Å². The summed E-state index contributed by atoms with van der Waals surface area (Å²) in [6, 6.07) is 4.68. The van der Waals surface area contributed by atoms with Crippen LogP contribution in [0.5, 0.6) is 0 Å². The first kappa shape index (κ1) is 11.7. The van der Waals surface area contributed by atoms with Gasteiger partial charge in [0, 0.05) is 11.6 Å². The van der Waals surface area contributed by atoms with E-state index in [2.05, 4.69) is 0 Å². The van der Waals surface area contributed by atoms with Gasteiger partial charge < -0.3 is 10.6 Å². The highest BCUT2D eigenvalue weighted by Gasteiger charge is 2.27. The van der Waals surface area contributed by atoms with Crippen LogP contribution in [-0.2, 0) is 4.79 Å². The minimum absolute atomic E-state index is 0.0736. The van der Waals surface area contributed by atoms with Crippen molar-refractivity contribution in [2.45, 2.75) is 18.9 Å². The van der Waals surface area contributed by atoms with Gasteiger partial charge in [0.05, 0.1) is 16.8 Å². The third-order valence-electron chi connectivity index (χ3n) is 2.68. The van der Waals surface area contributed by atoms with Crippen molar-refractivity contribution in [2.75, 3.05) is 11.4 Å². The van der Waals surface area contributed by atoms with E-state index in [0.717, 1.165) is 12.8 Å². The third-order valence-corrected chi connectivity index (χ3v) is 3.22. The highest BCUT2D eigenvalue weighted by Crippen LogP contribution is 2.30. The Morgan fingerprint density at radius 3 is 2.81 bits per heavy atom. The molecule has 0 aliphatic carbocycles. The Morgan fingerprint density at radius 2 is 2.12 bits per heavy atom. The number of rotatable bonds is 1. The average Bonchev–Trinajstić information content (AvgIpc) is 2.23. The molecule has 1 fully saturated rings. The SMILES string of the molecule is N[C@@H]1CCCN(c2ccc(Cl)cc2Cl)C1=O. The molecule has 1 amide bonds. The van der Waals surface area contributed by atoms with Crippen molar-refractivity contribution in [3.8, 4) is 0 Å². The van der Waals surface area contributed by atoms with Gasteiger partial charge in [0.2, 0.25) is 5.91 Å². The van der Waals surface area contributed by atoms with Crippen LogP contribution in [0.1, 0.15) is 12.8 Å². The fraction of sp³-hybridized carbons (Fsp3) is 0.364. The molecule has 1 aromatic carbocycles. The Balaban J connectivity index is 2.32. The molecule has 0 bridgehead atoms. The minimum atomic E-state index is -0.416. The lowest BCUT2D eigenvalue weighted by atomic mass is 10.0. The standard InChI is InChI=1S/C11H12Cl2N2O/c12-7-3-4-10(8(13)6-7)15-5-1-2-9(14)11(15)16/h3-4,6,9H,1-2,5,14H2/t9-/m1/s1. The topological polar surface area (TPSA) is 46.3 Å². The molecular weight excluding hydrogens is 247 g/mol. The largest absolute Gasteiger partial charge is 0.320 e. The molecule has 0 unspecified atom stereocenters. The molecule has 3 nitrogen and oxygen atoms in total. The van der Waals surface area contributed by atoms with E-state index in [1.807, 2.05) is 0 Å². The van der Waals surface area contributed by atoms with Crippen molar-refractivity contribution in [3.63, 3.8) is 0 Å². The predicted octanol–water partition coefficient (Wildman–Crippen LogP) is 2.45. The lowest BCUT2D eigenvalue weighted by Crippen LogP contribution is -2.48. The second-order valence-corrected chi connectivity index (χ2v) is 4.68. The Morgan fingerprint density at radius 1 is 1.38 bits per heavy atom. The van der Waals surface area contributed by atoms with Gasteiger partial charge in [-0.3, -0.25) is 4.79 Å². The van der Waals surface area contributed by atoms with Crippen LogP contribution in [0, 0.1) is 0 Å². The minimum Gasteiger partial charge on any atom is -0.320 e. The average molecular weight is 259 g/mol. The summed E-state index contributed by atoms with van der Waals surface area (Å²) in [5.74, 6) is -0.0736. The number of hydrogen-bond donors (Lipinski definition) is 1. The number of nitrogens with zero attached hydrogens (tertiary/aromatic N) is 1. The molecule has 86 valence electrons. The van der Waals surface area contributed by atoms with Crippen LogP contribution in [0.3, 0.4) is 0 Å². The van der Waals surface area contributed by atoms with Gasteiger partial charge >= 0.3 is 0 Å². The quantitative estimate of drug-likeness (QED) is 0.842. The van der Waals surface area contributed by atoms with Crippen molar-refractivity contribution < 1.29 is 4.79 Å². The maximum absolute atomic E-state index is 11.9. The first-order valence-electron chi connectivity index (χ1n) is 5.11. The Bertz CT molecular complexity index is 422. The summed E-state index contributed by atoms with van der Waals surface area (Å²) in [6.07, 6.45) is 1.63. The van der Waals surface area contributed by atoms with Crippen LogP contribution in [0.2, 0.25) is 10.0 Å². The fourth-order valence-electron chi connectivity index (χ4n) is 1.84. The van der Waals surface area contributed by atoms with Crippen LogP contribution < -0.4 is 10.6 Å². The van der Waals surface area contributed by atoms with Gasteiger partial charge in [0.25, 0.3) is 0 Å². The molecule has 0 saturated carbocycles. The van der Waals surface area contributed by atoms with Crippen molar-refractivity contribution >= 4 is 34.8 Å². The summed E-state index contributed by atoms with van der Waals surface area (Å²) in [4.78, 5) is 13.5. The molecule has 1 aliphatic rings. The van der Waals surface area contributed by atoms with E-state index in [4.69, 9.17) is 28.9 Å². The van der Waals surface area contributed by atoms with Crippen molar-refractivity contribution in [3.05, 3.63) is 28.2 Å². The molecule has 1 saturated heterocycles. The van der Waals surface area contributed by atoms with E-state index in [0.29, 0.717) is 22.3 Å². The van der Waals surface area contributed by atoms with Crippen molar-refractivity contribution in [1.82, 2.24) is 0 Å². The summed E-state index contributed by atoms with van der Waals surface area (Å²) >= 11 is 11.9. The van der Waals surface area contributed by atoms with Gasteiger partial charge in [-0.05, 0) is 31.0 Å². The number of carbonyl (C=O) groups excluding carboxylic acids is 1. The Labute approximate surface area is 104 Å². The predicted molar refractivity (Wildman–Crippen MR) is 66.0 cm³/mol. The third kappa shape index (κ3) is 2.17. The summed E-state index contributed by atoms with van der Waals surface area (Å²) in [5.41, 5.74) is 6.41.